The van der Waals surface area contributed by atoms with E-state index in [0.29, 0.717) is 5.56 Å². The van der Waals surface area contributed by atoms with Gasteiger partial charge in [-0.25, -0.2) is 24.3 Å². The Morgan fingerprint density at radius 2 is 2.06 bits per heavy atom. The molecule has 0 saturated carbocycles. The molecular formula is C20H22N5O10P. The number of carbonyl (C=O) groups excluding carboxylic acids is 1. The summed E-state index contributed by atoms with van der Waals surface area (Å²) in [6.45, 7) is -0.696. The summed E-state index contributed by atoms with van der Waals surface area (Å²) in [4.78, 5) is 33.8. The highest BCUT2D eigenvalue weighted by Crippen LogP contribution is 2.45. The molecular weight excluding hydrogens is 501 g/mol. The lowest BCUT2D eigenvalue weighted by atomic mass is 10.1. The molecule has 1 aliphatic rings. The lowest BCUT2D eigenvalue weighted by molar-refractivity contribution is -0.130. The number of methoxy groups -OCH3 is 1. The monoisotopic (exact) mass is 523 g/mol. The number of nitrogen functional groups attached to an aromatic ring is 1. The van der Waals surface area contributed by atoms with Gasteiger partial charge in [0.2, 0.25) is 0 Å². The molecule has 1 fully saturated rings. The molecule has 2 aromatic heterocycles. The minimum atomic E-state index is -4.91. The van der Waals surface area contributed by atoms with Crippen molar-refractivity contribution in [3.05, 3.63) is 42.5 Å². The van der Waals surface area contributed by atoms with Gasteiger partial charge in [-0.1, -0.05) is 6.07 Å². The van der Waals surface area contributed by atoms with E-state index in [-0.39, 0.29) is 28.5 Å². The van der Waals surface area contributed by atoms with Crippen LogP contribution >= 0.6 is 7.82 Å². The molecule has 15 nitrogen and oxygen atoms in total. The van der Waals surface area contributed by atoms with E-state index in [1.807, 2.05) is 0 Å². The molecule has 0 aliphatic carbocycles. The smallest absolute Gasteiger partial charge is 0.504 e. The first-order valence-corrected chi connectivity index (χ1v) is 11.8. The standard InChI is InChI=1S/C20H22N5O10P/c1-32-12-6-10(2-4-11(12)26)3-5-14(27)35-36(30,31)33-7-13-16(28)17(29)20(34-13)25-9-24-15-18(21)22-8-23-19(15)25/h2-6,8-9,13,16-17,20,26,28-29H,7H2,1H3,(H,30,31)(H2,21,22,23)/b5-3+/t13-,16-,17-,20-/m1/s1. The Labute approximate surface area is 203 Å². The van der Waals surface area contributed by atoms with Crippen LogP contribution in [0.2, 0.25) is 0 Å². The van der Waals surface area contributed by atoms with Crippen LogP contribution < -0.4 is 10.5 Å². The van der Waals surface area contributed by atoms with E-state index in [9.17, 15) is 29.6 Å². The summed E-state index contributed by atoms with van der Waals surface area (Å²) in [6.07, 6.45) is -0.813. The fraction of sp³-hybridized carbons (Fsp3) is 0.300. The summed E-state index contributed by atoms with van der Waals surface area (Å²) in [5, 5.41) is 30.4. The van der Waals surface area contributed by atoms with Crippen molar-refractivity contribution < 1.29 is 48.1 Å². The number of aliphatic hydroxyl groups is 2. The number of phenolic OH excluding ortho intramolecular Hbond substituents is 1. The number of hydrogen-bond donors (Lipinski definition) is 5. The molecule has 0 amide bonds. The van der Waals surface area contributed by atoms with Crippen molar-refractivity contribution in [2.24, 2.45) is 0 Å². The first-order valence-electron chi connectivity index (χ1n) is 10.3. The number of nitrogens with zero attached hydrogens (tertiary/aromatic N) is 4. The molecule has 1 aliphatic heterocycles. The predicted molar refractivity (Wildman–Crippen MR) is 121 cm³/mol. The summed E-state index contributed by atoms with van der Waals surface area (Å²) in [6, 6.07) is 4.24. The van der Waals surface area contributed by atoms with Gasteiger partial charge in [0.15, 0.2) is 29.2 Å². The van der Waals surface area contributed by atoms with E-state index >= 15 is 0 Å². The van der Waals surface area contributed by atoms with Gasteiger partial charge >= 0.3 is 13.8 Å². The van der Waals surface area contributed by atoms with Gasteiger partial charge in [0, 0.05) is 6.08 Å². The summed E-state index contributed by atoms with van der Waals surface area (Å²) >= 11 is 0. The first kappa shape index (κ1) is 25.5. The average Bonchev–Trinajstić information content (AvgIpc) is 3.39. The van der Waals surface area contributed by atoms with Crippen LogP contribution in [0.3, 0.4) is 0 Å². The van der Waals surface area contributed by atoms with Gasteiger partial charge in [-0.05, 0) is 23.8 Å². The molecule has 0 spiro atoms. The summed E-state index contributed by atoms with van der Waals surface area (Å²) in [7, 11) is -3.56. The molecule has 0 bridgehead atoms. The zero-order valence-electron chi connectivity index (χ0n) is 18.6. The topological polar surface area (TPSA) is 222 Å². The molecule has 1 unspecified atom stereocenters. The number of nitrogens with two attached hydrogens (primary N) is 1. The number of aromatic nitrogens is 4. The Bertz CT molecular complexity index is 1350. The molecule has 1 aromatic carbocycles. The van der Waals surface area contributed by atoms with Crippen molar-refractivity contribution in [3.63, 3.8) is 0 Å². The minimum absolute atomic E-state index is 0.104. The van der Waals surface area contributed by atoms with E-state index in [1.54, 1.807) is 0 Å². The number of rotatable bonds is 8. The van der Waals surface area contributed by atoms with Crippen LogP contribution in [0.25, 0.3) is 17.2 Å². The first-order chi connectivity index (χ1) is 17.1. The van der Waals surface area contributed by atoms with Gasteiger partial charge in [-0.3, -0.25) is 14.0 Å². The molecule has 1 saturated heterocycles. The van der Waals surface area contributed by atoms with Crippen molar-refractivity contribution >= 4 is 36.8 Å². The number of hydrogen-bond acceptors (Lipinski definition) is 13. The quantitative estimate of drug-likeness (QED) is 0.195. The number of phosphoric ester groups is 1. The van der Waals surface area contributed by atoms with Crippen molar-refractivity contribution in [2.75, 3.05) is 19.5 Å². The third kappa shape index (κ3) is 5.31. The maximum atomic E-state index is 12.2. The highest BCUT2D eigenvalue weighted by Gasteiger charge is 2.45. The fourth-order valence-corrected chi connectivity index (χ4v) is 4.13. The third-order valence-electron chi connectivity index (χ3n) is 5.22. The number of carbonyl (C=O) groups is 1. The van der Waals surface area contributed by atoms with Crippen molar-refractivity contribution in [2.45, 2.75) is 24.5 Å². The number of imidazole rings is 1. The zero-order valence-corrected chi connectivity index (χ0v) is 19.5. The number of aromatic hydroxyl groups is 1. The Kier molecular flexibility index (Phi) is 7.21. The van der Waals surface area contributed by atoms with Crippen molar-refractivity contribution in [3.8, 4) is 11.5 Å². The zero-order chi connectivity index (χ0) is 26.0. The lowest BCUT2D eigenvalue weighted by Gasteiger charge is -2.17. The van der Waals surface area contributed by atoms with E-state index in [4.69, 9.17) is 19.7 Å². The second kappa shape index (κ2) is 10.2. The maximum Gasteiger partial charge on any atom is 0.529 e. The van der Waals surface area contributed by atoms with Crippen molar-refractivity contribution in [1.82, 2.24) is 19.5 Å². The molecule has 3 heterocycles. The molecule has 6 N–H and O–H groups in total. The number of phenols is 1. The number of benzene rings is 1. The Morgan fingerprint density at radius 3 is 2.81 bits per heavy atom. The number of ether oxygens (including phenoxy) is 2. The molecule has 16 heteroatoms. The van der Waals surface area contributed by atoms with Gasteiger partial charge < -0.3 is 35.1 Å². The number of aliphatic hydroxyl groups excluding tert-OH is 2. The SMILES string of the molecule is COc1cc(/C=C/C(=O)OP(=O)(O)OC[C@H]2O[C@@H](n3cnc4c(N)ncnc43)[C@H](O)[C@@H]2O)ccc1O. The van der Waals surface area contributed by atoms with Crippen LogP contribution in [0.1, 0.15) is 11.8 Å². The molecule has 3 aromatic rings. The summed E-state index contributed by atoms with van der Waals surface area (Å²) in [5.74, 6) is -1.03. The lowest BCUT2D eigenvalue weighted by Crippen LogP contribution is -2.33. The number of phosphoric acid groups is 1. The van der Waals surface area contributed by atoms with Crippen LogP contribution in [0.4, 0.5) is 5.82 Å². The fourth-order valence-electron chi connectivity index (χ4n) is 3.45. The predicted octanol–water partition coefficient (Wildman–Crippen LogP) is 0.115. The second-order valence-electron chi connectivity index (χ2n) is 7.57. The van der Waals surface area contributed by atoms with Crippen LogP contribution in [0.5, 0.6) is 11.5 Å². The molecule has 36 heavy (non-hydrogen) atoms. The third-order valence-corrected chi connectivity index (χ3v) is 6.11. The van der Waals surface area contributed by atoms with E-state index < -0.39 is 44.9 Å². The van der Waals surface area contributed by atoms with E-state index in [0.717, 1.165) is 6.08 Å². The van der Waals surface area contributed by atoms with Crippen LogP contribution in [-0.4, -0.2) is 77.7 Å². The van der Waals surface area contributed by atoms with Gasteiger partial charge in [0.25, 0.3) is 0 Å². The molecule has 192 valence electrons. The van der Waals surface area contributed by atoms with Gasteiger partial charge in [0.05, 0.1) is 20.0 Å². The highest BCUT2D eigenvalue weighted by molar-refractivity contribution is 7.48. The number of anilines is 1. The minimum Gasteiger partial charge on any atom is -0.504 e. The molecule has 0 radical (unpaired) electrons. The molecule has 4 rings (SSSR count). The van der Waals surface area contributed by atoms with Crippen LogP contribution in [-0.2, 0) is 23.1 Å². The number of fused-ring (bicyclic) bond motifs is 1. The maximum absolute atomic E-state index is 12.2. The van der Waals surface area contributed by atoms with E-state index in [1.165, 1.54) is 48.6 Å². The van der Waals surface area contributed by atoms with Crippen LogP contribution in [0, 0.1) is 0 Å². The highest BCUT2D eigenvalue weighted by atomic mass is 31.2. The Balaban J connectivity index is 1.36. The largest absolute Gasteiger partial charge is 0.529 e. The summed E-state index contributed by atoms with van der Waals surface area (Å²) < 4.78 is 33.3. The summed E-state index contributed by atoms with van der Waals surface area (Å²) in [5.41, 5.74) is 6.68. The average molecular weight is 523 g/mol. The normalized spacial score (nSPS) is 23.7. The Hall–Kier alpha value is -3.59. The van der Waals surface area contributed by atoms with E-state index in [2.05, 4.69) is 19.5 Å². The second-order valence-corrected chi connectivity index (χ2v) is 8.95. The Morgan fingerprint density at radius 1 is 1.28 bits per heavy atom. The van der Waals surface area contributed by atoms with Gasteiger partial charge in [-0.15, -0.1) is 0 Å². The molecule has 5 atom stereocenters. The van der Waals surface area contributed by atoms with Crippen molar-refractivity contribution in [1.29, 1.82) is 0 Å². The van der Waals surface area contributed by atoms with Gasteiger partial charge in [0.1, 0.15) is 30.2 Å². The van der Waals surface area contributed by atoms with Crippen LogP contribution in [0.15, 0.2) is 36.9 Å². The van der Waals surface area contributed by atoms with Gasteiger partial charge in [-0.2, -0.15) is 0 Å².